The molecule has 2 N–H and O–H groups in total. The van der Waals surface area contributed by atoms with Crippen LogP contribution in [0.2, 0.25) is 0 Å². The highest BCUT2D eigenvalue weighted by Gasteiger charge is 2.60. The van der Waals surface area contributed by atoms with Crippen molar-refractivity contribution in [2.45, 2.75) is 84.5 Å². The van der Waals surface area contributed by atoms with Crippen LogP contribution < -0.4 is 5.73 Å². The molecule has 5 aliphatic rings. The maximum Gasteiger partial charge on any atom is 0.245 e. The van der Waals surface area contributed by atoms with E-state index in [1.54, 1.807) is 0 Å². The maximum atomic E-state index is 14.6. The summed E-state index contributed by atoms with van der Waals surface area (Å²) in [5, 5.41) is 0. The van der Waals surface area contributed by atoms with Gasteiger partial charge in [0.15, 0.2) is 0 Å². The zero-order valence-corrected chi connectivity index (χ0v) is 22.9. The van der Waals surface area contributed by atoms with Gasteiger partial charge in [-0.15, -0.1) is 0 Å². The van der Waals surface area contributed by atoms with E-state index in [1.165, 1.54) is 37.7 Å². The lowest BCUT2D eigenvalue weighted by Gasteiger charge is -2.27. The van der Waals surface area contributed by atoms with Crippen LogP contribution in [0.15, 0.2) is 64.1 Å². The average Bonchev–Trinajstić information content (AvgIpc) is 3.12. The number of rotatable bonds is 3. The molecule has 0 aromatic rings. The molecule has 1 saturated carbocycles. The zero-order chi connectivity index (χ0) is 26.0. The molecule has 0 aromatic carbocycles. The molecule has 200 valence electrons. The van der Waals surface area contributed by atoms with Crippen LogP contribution in [0.4, 0.5) is 0 Å². The Bertz CT molecular complexity index is 1080. The first-order valence-corrected chi connectivity index (χ1v) is 14.6. The lowest BCUT2D eigenvalue weighted by molar-refractivity contribution is -0.133. The fraction of sp³-hybridized carbons (Fsp3) is 0.625. The van der Waals surface area contributed by atoms with Gasteiger partial charge in [0.1, 0.15) is 17.8 Å². The Morgan fingerprint density at radius 3 is 2.84 bits per heavy atom. The molecule has 0 radical (unpaired) electrons. The highest BCUT2D eigenvalue weighted by Crippen LogP contribution is 2.56. The number of aliphatic imine (C=N–C) groups is 1. The van der Waals surface area contributed by atoms with Gasteiger partial charge in [0.25, 0.3) is 0 Å². The smallest absolute Gasteiger partial charge is 0.245 e. The molecule has 2 aliphatic carbocycles. The van der Waals surface area contributed by atoms with Crippen molar-refractivity contribution < 1.29 is 9.53 Å². The monoisotopic (exact) mass is 503 g/mol. The molecule has 3 heterocycles. The van der Waals surface area contributed by atoms with E-state index in [4.69, 9.17) is 10.5 Å². The second kappa shape index (κ2) is 11.0. The molecule has 4 unspecified atom stereocenters. The van der Waals surface area contributed by atoms with Crippen molar-refractivity contribution in [1.29, 1.82) is 0 Å². The summed E-state index contributed by atoms with van der Waals surface area (Å²) in [6.45, 7) is 10.7. The van der Waals surface area contributed by atoms with E-state index >= 15 is 0 Å². The number of carbonyl (C=O) groups excluding carboxylic acids is 1. The van der Waals surface area contributed by atoms with Gasteiger partial charge in [0.2, 0.25) is 5.91 Å². The summed E-state index contributed by atoms with van der Waals surface area (Å²) in [5.74, 6) is 3.12. The van der Waals surface area contributed by atoms with E-state index < -0.39 is 5.41 Å². The average molecular weight is 504 g/mol. The minimum Gasteiger partial charge on any atom is -0.492 e. The molecule has 0 aromatic heterocycles. The highest BCUT2D eigenvalue weighted by atomic mass is 16.5. The topological polar surface area (TPSA) is 67.9 Å². The Kier molecular flexibility index (Phi) is 7.78. The zero-order valence-electron chi connectivity index (χ0n) is 22.9. The van der Waals surface area contributed by atoms with Crippen LogP contribution in [0.25, 0.3) is 0 Å². The molecule has 5 nitrogen and oxygen atoms in total. The molecule has 3 aliphatic heterocycles. The summed E-state index contributed by atoms with van der Waals surface area (Å²) < 4.78 is 6.17. The fourth-order valence-corrected chi connectivity index (χ4v) is 7.00. The third-order valence-electron chi connectivity index (χ3n) is 9.41. The molecule has 3 fully saturated rings. The van der Waals surface area contributed by atoms with E-state index in [0.29, 0.717) is 30.1 Å². The summed E-state index contributed by atoms with van der Waals surface area (Å²) in [7, 11) is 0. The van der Waals surface area contributed by atoms with Crippen molar-refractivity contribution in [3.63, 3.8) is 0 Å². The highest BCUT2D eigenvalue weighted by molar-refractivity contribution is 5.99. The van der Waals surface area contributed by atoms with Crippen molar-refractivity contribution in [2.24, 2.45) is 33.9 Å². The first-order chi connectivity index (χ1) is 17.9. The standard InChI is InChI=1S/C32H45N3O2/c1-22-13-15-27-29(16-14-22)35(20-25-10-7-8-12-30(33)34-18-17-25)31(36)32(27)21-37-24(3)28(32)19-26-11-6-4-5-9-23(26)2/h13,15-16,19,23,25-26H,3-12,14,17-18,20-21H2,1-2H3,(H2,33,34). The number of likely N-dealkylation sites (tertiary alicyclic amines) is 1. The number of nitrogens with zero attached hydrogens (tertiary/aromatic N) is 2. The Morgan fingerprint density at radius 2 is 1.97 bits per heavy atom. The number of amides is 1. The lowest BCUT2D eigenvalue weighted by atomic mass is 9.73. The number of amidine groups is 1. The number of hydrogen-bond acceptors (Lipinski definition) is 4. The Balaban J connectivity index is 1.52. The minimum atomic E-state index is -0.781. The van der Waals surface area contributed by atoms with Crippen LogP contribution in [0.5, 0.6) is 0 Å². The Hall–Kier alpha value is -2.56. The van der Waals surface area contributed by atoms with Crippen LogP contribution in [-0.4, -0.2) is 36.3 Å². The molecule has 5 heteroatoms. The van der Waals surface area contributed by atoms with Gasteiger partial charge >= 0.3 is 0 Å². The number of nitrogens with two attached hydrogens (primary N) is 1. The number of carbonyl (C=O) groups is 1. The molecular formula is C32H45N3O2. The van der Waals surface area contributed by atoms with Gasteiger partial charge in [-0.3, -0.25) is 9.79 Å². The van der Waals surface area contributed by atoms with E-state index in [0.717, 1.165) is 74.3 Å². The normalized spacial score (nSPS) is 34.4. The maximum absolute atomic E-state index is 14.6. The summed E-state index contributed by atoms with van der Waals surface area (Å²) in [4.78, 5) is 21.3. The van der Waals surface area contributed by atoms with Crippen molar-refractivity contribution >= 4 is 11.7 Å². The van der Waals surface area contributed by atoms with Gasteiger partial charge < -0.3 is 15.4 Å². The second-order valence-corrected chi connectivity index (χ2v) is 12.1. The molecule has 2 saturated heterocycles. The van der Waals surface area contributed by atoms with Crippen molar-refractivity contribution in [2.75, 3.05) is 19.7 Å². The number of ether oxygens (including phenoxy) is 1. The van der Waals surface area contributed by atoms with Crippen LogP contribution in [0, 0.1) is 23.2 Å². The van der Waals surface area contributed by atoms with Gasteiger partial charge in [-0.1, -0.05) is 75.5 Å². The van der Waals surface area contributed by atoms with Gasteiger partial charge in [0, 0.05) is 30.8 Å². The predicted molar refractivity (Wildman–Crippen MR) is 151 cm³/mol. The van der Waals surface area contributed by atoms with Gasteiger partial charge in [-0.05, 0) is 62.4 Å². The van der Waals surface area contributed by atoms with E-state index in [-0.39, 0.29) is 5.91 Å². The second-order valence-electron chi connectivity index (χ2n) is 12.1. The molecule has 1 amide bonds. The molecule has 37 heavy (non-hydrogen) atoms. The third-order valence-corrected chi connectivity index (χ3v) is 9.41. The van der Waals surface area contributed by atoms with Crippen molar-refractivity contribution in [3.8, 4) is 0 Å². The first kappa shape index (κ1) is 26.1. The Morgan fingerprint density at radius 1 is 1.16 bits per heavy atom. The van der Waals surface area contributed by atoms with Gasteiger partial charge in [-0.25, -0.2) is 0 Å². The minimum absolute atomic E-state index is 0.173. The Labute approximate surface area is 223 Å². The van der Waals surface area contributed by atoms with Crippen LogP contribution in [0.1, 0.15) is 84.5 Å². The van der Waals surface area contributed by atoms with E-state index in [2.05, 4.69) is 54.6 Å². The SMILES string of the molecule is C=C1OCC2(C(=O)N(CC3CCCCC(N)=NCC3)C3=CCC(C)=CC=C32)C1=CC1CCCCCC1C. The largest absolute Gasteiger partial charge is 0.492 e. The fourth-order valence-electron chi connectivity index (χ4n) is 7.00. The summed E-state index contributed by atoms with van der Waals surface area (Å²) in [5.41, 5.74) is 9.80. The lowest BCUT2D eigenvalue weighted by Crippen LogP contribution is -2.39. The number of allylic oxidation sites excluding steroid dienone is 7. The van der Waals surface area contributed by atoms with Crippen LogP contribution >= 0.6 is 0 Å². The molecular weight excluding hydrogens is 458 g/mol. The van der Waals surface area contributed by atoms with Crippen LogP contribution in [0.3, 0.4) is 0 Å². The van der Waals surface area contributed by atoms with Crippen LogP contribution in [-0.2, 0) is 9.53 Å². The molecule has 5 rings (SSSR count). The molecule has 0 bridgehead atoms. The predicted octanol–water partition coefficient (Wildman–Crippen LogP) is 6.60. The van der Waals surface area contributed by atoms with Crippen molar-refractivity contribution in [3.05, 3.63) is 59.1 Å². The molecule has 1 spiro atoms. The van der Waals surface area contributed by atoms with E-state index in [1.807, 2.05) is 0 Å². The molecule has 4 atom stereocenters. The first-order valence-electron chi connectivity index (χ1n) is 14.6. The van der Waals surface area contributed by atoms with Gasteiger partial charge in [-0.2, -0.15) is 0 Å². The van der Waals surface area contributed by atoms with Crippen molar-refractivity contribution in [1.82, 2.24) is 4.90 Å². The summed E-state index contributed by atoms with van der Waals surface area (Å²) in [6.07, 6.45) is 21.4. The third kappa shape index (κ3) is 5.11. The number of hydrogen-bond donors (Lipinski definition) is 1. The van der Waals surface area contributed by atoms with E-state index in [9.17, 15) is 4.79 Å². The van der Waals surface area contributed by atoms with Gasteiger partial charge in [0.05, 0.1) is 5.84 Å². The summed E-state index contributed by atoms with van der Waals surface area (Å²) in [6, 6.07) is 0. The summed E-state index contributed by atoms with van der Waals surface area (Å²) >= 11 is 0. The number of fused-ring (bicyclic) bond motifs is 2. The quantitative estimate of drug-likeness (QED) is 0.441.